The molecular weight excluding hydrogens is 496 g/mol. The highest BCUT2D eigenvalue weighted by atomic mass is 16.5. The summed E-state index contributed by atoms with van der Waals surface area (Å²) in [6.45, 7) is 3.60. The molecule has 39 heavy (non-hydrogen) atoms. The Hall–Kier alpha value is -5.11. The van der Waals surface area contributed by atoms with Crippen LogP contribution in [0.3, 0.4) is 0 Å². The average molecular weight is 523 g/mol. The molecule has 196 valence electrons. The molecule has 8 nitrogen and oxygen atoms in total. The Morgan fingerprint density at radius 2 is 1.79 bits per heavy atom. The predicted molar refractivity (Wildman–Crippen MR) is 146 cm³/mol. The van der Waals surface area contributed by atoms with E-state index in [0.29, 0.717) is 35.1 Å². The zero-order valence-electron chi connectivity index (χ0n) is 21.4. The number of benzene rings is 3. The van der Waals surface area contributed by atoms with Crippen molar-refractivity contribution in [2.24, 2.45) is 0 Å². The number of anilines is 2. The van der Waals surface area contributed by atoms with Gasteiger partial charge < -0.3 is 19.6 Å². The molecule has 1 fully saturated rings. The van der Waals surface area contributed by atoms with Gasteiger partial charge in [-0.05, 0) is 66.6 Å². The molecule has 1 unspecified atom stereocenters. The van der Waals surface area contributed by atoms with Crippen molar-refractivity contribution < 1.29 is 28.6 Å². The second-order valence-electron chi connectivity index (χ2n) is 9.17. The fourth-order valence-corrected chi connectivity index (χ4v) is 4.60. The highest BCUT2D eigenvalue weighted by Gasteiger charge is 2.48. The summed E-state index contributed by atoms with van der Waals surface area (Å²) in [6, 6.07) is 23.7. The van der Waals surface area contributed by atoms with E-state index in [1.807, 2.05) is 37.3 Å². The van der Waals surface area contributed by atoms with Crippen molar-refractivity contribution in [2.75, 3.05) is 10.2 Å². The number of amides is 2. The third-order valence-corrected chi connectivity index (χ3v) is 6.39. The van der Waals surface area contributed by atoms with Crippen molar-refractivity contribution in [1.82, 2.24) is 0 Å². The van der Waals surface area contributed by atoms with Crippen LogP contribution in [0.4, 0.5) is 11.4 Å². The Kier molecular flexibility index (Phi) is 7.01. The zero-order valence-corrected chi connectivity index (χ0v) is 21.4. The molecule has 8 heteroatoms. The van der Waals surface area contributed by atoms with Crippen LogP contribution >= 0.6 is 0 Å². The highest BCUT2D eigenvalue weighted by molar-refractivity contribution is 6.51. The number of carbonyl (C=O) groups is 3. The number of carbonyl (C=O) groups excluding carboxylic acids is 3. The predicted octanol–water partition coefficient (Wildman–Crippen LogP) is 5.75. The van der Waals surface area contributed by atoms with E-state index >= 15 is 0 Å². The van der Waals surface area contributed by atoms with E-state index in [4.69, 9.17) is 9.15 Å². The fraction of sp³-hybridized carbons (Fsp3) is 0.129. The molecular formula is C31H26N2O6. The van der Waals surface area contributed by atoms with Crippen LogP contribution in [0.25, 0.3) is 5.76 Å². The minimum Gasteiger partial charge on any atom is -0.507 e. The maximum absolute atomic E-state index is 13.3. The fourth-order valence-electron chi connectivity index (χ4n) is 4.60. The number of rotatable bonds is 7. The van der Waals surface area contributed by atoms with Crippen LogP contribution in [0, 0.1) is 6.92 Å². The van der Waals surface area contributed by atoms with Crippen LogP contribution in [0.15, 0.2) is 101 Å². The van der Waals surface area contributed by atoms with Gasteiger partial charge in [-0.15, -0.1) is 0 Å². The topological polar surface area (TPSA) is 109 Å². The Morgan fingerprint density at radius 1 is 1.00 bits per heavy atom. The summed E-state index contributed by atoms with van der Waals surface area (Å²) in [5, 5.41) is 14.1. The van der Waals surface area contributed by atoms with Crippen LogP contribution in [0.1, 0.15) is 35.4 Å². The van der Waals surface area contributed by atoms with Crippen molar-refractivity contribution in [2.45, 2.75) is 26.5 Å². The second kappa shape index (κ2) is 10.7. The van der Waals surface area contributed by atoms with Gasteiger partial charge in [0.15, 0.2) is 0 Å². The monoisotopic (exact) mass is 522 g/mol. The summed E-state index contributed by atoms with van der Waals surface area (Å²) < 4.78 is 11.6. The first-order valence-electron chi connectivity index (χ1n) is 12.3. The number of furan rings is 1. The average Bonchev–Trinajstić information content (AvgIpc) is 3.54. The van der Waals surface area contributed by atoms with Gasteiger partial charge in [0.25, 0.3) is 11.7 Å². The lowest BCUT2D eigenvalue weighted by molar-refractivity contribution is -0.132. The van der Waals surface area contributed by atoms with E-state index in [0.717, 1.165) is 11.1 Å². The van der Waals surface area contributed by atoms with E-state index in [1.165, 1.54) is 18.1 Å². The van der Waals surface area contributed by atoms with Crippen molar-refractivity contribution >= 4 is 34.7 Å². The number of nitrogens with zero attached hydrogens (tertiary/aromatic N) is 1. The minimum atomic E-state index is -1.01. The SMILES string of the molecule is CC(=O)Nc1cccc(N2C(=O)C(=O)/C(=C(\O)c3ccc(OCc4ccccc4)c(C)c3)C2c2ccco2)c1. The van der Waals surface area contributed by atoms with Gasteiger partial charge in [-0.3, -0.25) is 19.3 Å². The molecule has 0 spiro atoms. The van der Waals surface area contributed by atoms with Crippen molar-refractivity contribution in [3.8, 4) is 5.75 Å². The molecule has 1 saturated heterocycles. The van der Waals surface area contributed by atoms with Gasteiger partial charge in [0, 0.05) is 23.9 Å². The largest absolute Gasteiger partial charge is 0.507 e. The second-order valence-corrected chi connectivity index (χ2v) is 9.17. The number of ketones is 1. The maximum Gasteiger partial charge on any atom is 0.300 e. The molecule has 2 N–H and O–H groups in total. The van der Waals surface area contributed by atoms with Crippen LogP contribution in [-0.2, 0) is 21.0 Å². The van der Waals surface area contributed by atoms with Crippen LogP contribution in [0.5, 0.6) is 5.75 Å². The highest BCUT2D eigenvalue weighted by Crippen LogP contribution is 2.43. The maximum atomic E-state index is 13.3. The Morgan fingerprint density at radius 3 is 2.49 bits per heavy atom. The number of aryl methyl sites for hydroxylation is 1. The number of Topliss-reactive ketones (excluding diaryl/α,β-unsaturated/α-hetero) is 1. The van der Waals surface area contributed by atoms with Gasteiger partial charge in [0.05, 0.1) is 11.8 Å². The summed E-state index contributed by atoms with van der Waals surface area (Å²) in [6.07, 6.45) is 1.44. The molecule has 2 amide bonds. The van der Waals surface area contributed by atoms with Gasteiger partial charge in [-0.2, -0.15) is 0 Å². The number of aliphatic hydroxyl groups is 1. The van der Waals surface area contributed by atoms with Gasteiger partial charge in [-0.25, -0.2) is 0 Å². The molecule has 0 saturated carbocycles. The number of aliphatic hydroxyl groups excluding tert-OH is 1. The van der Waals surface area contributed by atoms with E-state index < -0.39 is 17.7 Å². The lowest BCUT2D eigenvalue weighted by Gasteiger charge is -2.24. The number of ether oxygens (including phenoxy) is 1. The molecule has 1 aromatic heterocycles. The summed E-state index contributed by atoms with van der Waals surface area (Å²) in [4.78, 5) is 39.5. The zero-order chi connectivity index (χ0) is 27.5. The summed E-state index contributed by atoms with van der Waals surface area (Å²) in [5.41, 5.74) is 2.86. The molecule has 3 aromatic carbocycles. The summed E-state index contributed by atoms with van der Waals surface area (Å²) in [5.74, 6) is -1.33. The molecule has 0 aliphatic carbocycles. The third kappa shape index (κ3) is 5.17. The minimum absolute atomic E-state index is 0.0998. The summed E-state index contributed by atoms with van der Waals surface area (Å²) in [7, 11) is 0. The molecule has 1 aliphatic rings. The Labute approximate surface area is 225 Å². The van der Waals surface area contributed by atoms with E-state index in [9.17, 15) is 19.5 Å². The molecule has 4 aromatic rings. The normalized spacial score (nSPS) is 16.4. The quantitative estimate of drug-likeness (QED) is 0.182. The van der Waals surface area contributed by atoms with Gasteiger partial charge >= 0.3 is 0 Å². The third-order valence-electron chi connectivity index (χ3n) is 6.39. The summed E-state index contributed by atoms with van der Waals surface area (Å²) >= 11 is 0. The molecule has 0 bridgehead atoms. The molecule has 0 radical (unpaired) electrons. The standard InChI is InChI=1S/C31H26N2O6/c1-19-16-22(13-14-25(19)39-18-21-8-4-3-5-9-21)29(35)27-28(26-12-7-15-38-26)33(31(37)30(27)36)24-11-6-10-23(17-24)32-20(2)34/h3-17,28,35H,18H2,1-2H3,(H,32,34)/b29-27-. The number of hydrogen-bond acceptors (Lipinski definition) is 6. The lowest BCUT2D eigenvalue weighted by Crippen LogP contribution is -2.29. The van der Waals surface area contributed by atoms with Gasteiger partial charge in [0.2, 0.25) is 5.91 Å². The van der Waals surface area contributed by atoms with Gasteiger partial charge in [0.1, 0.15) is 29.9 Å². The van der Waals surface area contributed by atoms with Crippen LogP contribution in [0.2, 0.25) is 0 Å². The molecule has 1 atom stereocenters. The smallest absolute Gasteiger partial charge is 0.300 e. The Balaban J connectivity index is 1.52. The first kappa shape index (κ1) is 25.5. The van der Waals surface area contributed by atoms with E-state index in [2.05, 4.69) is 5.32 Å². The Bertz CT molecular complexity index is 1570. The first-order valence-corrected chi connectivity index (χ1v) is 12.3. The number of hydrogen-bond donors (Lipinski definition) is 2. The molecule has 1 aliphatic heterocycles. The van der Waals surface area contributed by atoms with Crippen molar-refractivity contribution in [3.05, 3.63) is 119 Å². The first-order chi connectivity index (χ1) is 18.8. The van der Waals surface area contributed by atoms with Crippen LogP contribution in [-0.4, -0.2) is 22.7 Å². The van der Waals surface area contributed by atoms with Crippen molar-refractivity contribution in [1.29, 1.82) is 0 Å². The van der Waals surface area contributed by atoms with Crippen LogP contribution < -0.4 is 15.0 Å². The lowest BCUT2D eigenvalue weighted by atomic mass is 9.98. The number of nitrogens with one attached hydrogen (secondary N) is 1. The van der Waals surface area contributed by atoms with E-state index in [1.54, 1.807) is 54.6 Å². The molecule has 2 heterocycles. The van der Waals surface area contributed by atoms with Crippen molar-refractivity contribution in [3.63, 3.8) is 0 Å². The van der Waals surface area contributed by atoms with Gasteiger partial charge in [-0.1, -0.05) is 36.4 Å². The van der Waals surface area contributed by atoms with E-state index in [-0.39, 0.29) is 17.2 Å². The molecule has 5 rings (SSSR count).